The zero-order valence-corrected chi connectivity index (χ0v) is 13.6. The molecule has 0 bridgehead atoms. The summed E-state index contributed by atoms with van der Waals surface area (Å²) < 4.78 is 2.08. The average molecular weight is 279 g/mol. The predicted molar refractivity (Wildman–Crippen MR) is 85.2 cm³/mol. The molecule has 5 nitrogen and oxygen atoms in total. The maximum Gasteiger partial charge on any atom is 0.150 e. The summed E-state index contributed by atoms with van der Waals surface area (Å²) in [5, 5.41) is 4.58. The standard InChI is InChI=1S/C15H29N5/c1-6-7-20-14(13(16)12(2)17-20)18-8-10-19(11-9-18)15(3,4)5/h6-11,16H2,1-5H3. The van der Waals surface area contributed by atoms with E-state index in [2.05, 4.69) is 47.3 Å². The Morgan fingerprint density at radius 2 is 1.75 bits per heavy atom. The molecule has 1 aromatic rings. The van der Waals surface area contributed by atoms with Crippen LogP contribution in [0.3, 0.4) is 0 Å². The van der Waals surface area contributed by atoms with E-state index in [1.165, 1.54) is 0 Å². The number of anilines is 2. The molecule has 2 N–H and O–H groups in total. The van der Waals surface area contributed by atoms with Gasteiger partial charge in [-0.3, -0.25) is 4.90 Å². The fourth-order valence-electron chi connectivity index (χ4n) is 2.87. The van der Waals surface area contributed by atoms with Crippen LogP contribution < -0.4 is 10.6 Å². The zero-order chi connectivity index (χ0) is 14.9. The molecule has 0 unspecified atom stereocenters. The summed E-state index contributed by atoms with van der Waals surface area (Å²) >= 11 is 0. The number of aromatic nitrogens is 2. The lowest BCUT2D eigenvalue weighted by atomic mass is 10.0. The topological polar surface area (TPSA) is 50.3 Å². The second kappa shape index (κ2) is 5.64. The monoisotopic (exact) mass is 279 g/mol. The molecule has 0 saturated carbocycles. The van der Waals surface area contributed by atoms with E-state index in [4.69, 9.17) is 5.73 Å². The van der Waals surface area contributed by atoms with Gasteiger partial charge in [-0.15, -0.1) is 0 Å². The number of hydrogen-bond donors (Lipinski definition) is 1. The van der Waals surface area contributed by atoms with Gasteiger partial charge in [-0.05, 0) is 34.1 Å². The maximum absolute atomic E-state index is 6.25. The Morgan fingerprint density at radius 3 is 2.25 bits per heavy atom. The molecular weight excluding hydrogens is 250 g/mol. The molecule has 1 aliphatic heterocycles. The summed E-state index contributed by atoms with van der Waals surface area (Å²) in [5.74, 6) is 1.12. The summed E-state index contributed by atoms with van der Waals surface area (Å²) in [4.78, 5) is 4.93. The number of nitrogen functional groups attached to an aromatic ring is 1. The smallest absolute Gasteiger partial charge is 0.150 e. The van der Waals surface area contributed by atoms with E-state index in [1.807, 2.05) is 6.92 Å². The van der Waals surface area contributed by atoms with Crippen LogP contribution in [0, 0.1) is 6.92 Å². The number of aryl methyl sites for hydroxylation is 2. The summed E-state index contributed by atoms with van der Waals surface area (Å²) in [7, 11) is 0. The third kappa shape index (κ3) is 2.92. The van der Waals surface area contributed by atoms with Crippen molar-refractivity contribution in [2.24, 2.45) is 0 Å². The van der Waals surface area contributed by atoms with Crippen molar-refractivity contribution in [2.75, 3.05) is 36.8 Å². The highest BCUT2D eigenvalue weighted by molar-refractivity contribution is 5.66. The van der Waals surface area contributed by atoms with Crippen molar-refractivity contribution >= 4 is 11.5 Å². The minimum Gasteiger partial charge on any atom is -0.394 e. The zero-order valence-electron chi connectivity index (χ0n) is 13.6. The summed E-state index contributed by atoms with van der Waals surface area (Å²) in [6, 6.07) is 0. The van der Waals surface area contributed by atoms with E-state index in [0.29, 0.717) is 0 Å². The molecule has 0 aliphatic carbocycles. The van der Waals surface area contributed by atoms with Crippen LogP contribution in [0.5, 0.6) is 0 Å². The molecule has 0 amide bonds. The summed E-state index contributed by atoms with van der Waals surface area (Å²) in [5.41, 5.74) is 8.29. The second-order valence-corrected chi connectivity index (χ2v) is 6.69. The third-order valence-corrected chi connectivity index (χ3v) is 4.11. The molecule has 20 heavy (non-hydrogen) atoms. The molecule has 1 saturated heterocycles. The molecule has 0 aromatic carbocycles. The first-order valence-corrected chi connectivity index (χ1v) is 7.67. The normalized spacial score (nSPS) is 17.8. The van der Waals surface area contributed by atoms with Crippen molar-refractivity contribution in [2.45, 2.75) is 53.1 Å². The molecule has 1 aromatic heterocycles. The van der Waals surface area contributed by atoms with Crippen LogP contribution >= 0.6 is 0 Å². The van der Waals surface area contributed by atoms with Crippen LogP contribution in [-0.2, 0) is 6.54 Å². The van der Waals surface area contributed by atoms with Crippen molar-refractivity contribution < 1.29 is 0 Å². The summed E-state index contributed by atoms with van der Waals surface area (Å²) in [6.07, 6.45) is 1.08. The third-order valence-electron chi connectivity index (χ3n) is 4.11. The summed E-state index contributed by atoms with van der Waals surface area (Å²) in [6.45, 7) is 16.2. The molecule has 114 valence electrons. The first kappa shape index (κ1) is 15.2. The van der Waals surface area contributed by atoms with Crippen LogP contribution in [0.4, 0.5) is 11.5 Å². The van der Waals surface area contributed by atoms with E-state index in [1.54, 1.807) is 0 Å². The Kier molecular flexibility index (Phi) is 4.28. The molecule has 0 radical (unpaired) electrons. The molecule has 1 aliphatic rings. The second-order valence-electron chi connectivity index (χ2n) is 6.69. The van der Waals surface area contributed by atoms with Gasteiger partial charge in [0.05, 0.1) is 11.4 Å². The van der Waals surface area contributed by atoms with Crippen molar-refractivity contribution in [3.8, 4) is 0 Å². The van der Waals surface area contributed by atoms with Crippen LogP contribution in [0.2, 0.25) is 0 Å². The Bertz CT molecular complexity index is 450. The van der Waals surface area contributed by atoms with E-state index in [9.17, 15) is 0 Å². The van der Waals surface area contributed by atoms with Crippen LogP contribution in [0.25, 0.3) is 0 Å². The highest BCUT2D eigenvalue weighted by Crippen LogP contribution is 2.28. The number of nitrogens with zero attached hydrogens (tertiary/aromatic N) is 4. The van der Waals surface area contributed by atoms with E-state index in [0.717, 1.165) is 56.3 Å². The first-order chi connectivity index (χ1) is 9.34. The number of rotatable bonds is 3. The molecule has 2 rings (SSSR count). The first-order valence-electron chi connectivity index (χ1n) is 7.67. The minimum atomic E-state index is 0.247. The Hall–Kier alpha value is -1.23. The highest BCUT2D eigenvalue weighted by Gasteiger charge is 2.28. The molecule has 5 heteroatoms. The number of piperazine rings is 1. The van der Waals surface area contributed by atoms with Gasteiger partial charge in [0.25, 0.3) is 0 Å². The fourth-order valence-corrected chi connectivity index (χ4v) is 2.87. The average Bonchev–Trinajstić information content (AvgIpc) is 2.65. The van der Waals surface area contributed by atoms with E-state index < -0.39 is 0 Å². The van der Waals surface area contributed by atoms with Crippen molar-refractivity contribution in [1.82, 2.24) is 14.7 Å². The van der Waals surface area contributed by atoms with Gasteiger partial charge in [-0.25, -0.2) is 4.68 Å². The van der Waals surface area contributed by atoms with Crippen molar-refractivity contribution in [3.05, 3.63) is 5.69 Å². The van der Waals surface area contributed by atoms with E-state index in [-0.39, 0.29) is 5.54 Å². The Labute approximate surface area is 122 Å². The van der Waals surface area contributed by atoms with Gasteiger partial charge in [0.15, 0.2) is 5.82 Å². The SMILES string of the molecule is CCCn1nc(C)c(N)c1N1CCN(C(C)(C)C)CC1. The fraction of sp³-hybridized carbons (Fsp3) is 0.800. The van der Waals surface area contributed by atoms with Gasteiger partial charge in [0.2, 0.25) is 0 Å². The van der Waals surface area contributed by atoms with Gasteiger partial charge in [-0.1, -0.05) is 6.92 Å². The van der Waals surface area contributed by atoms with Gasteiger partial charge >= 0.3 is 0 Å². The van der Waals surface area contributed by atoms with Crippen molar-refractivity contribution in [3.63, 3.8) is 0 Å². The maximum atomic E-state index is 6.25. The van der Waals surface area contributed by atoms with Crippen LogP contribution in [-0.4, -0.2) is 46.4 Å². The predicted octanol–water partition coefficient (Wildman–Crippen LogP) is 2.10. The molecule has 0 spiro atoms. The van der Waals surface area contributed by atoms with Gasteiger partial charge in [0, 0.05) is 38.3 Å². The Morgan fingerprint density at radius 1 is 1.15 bits per heavy atom. The van der Waals surface area contributed by atoms with E-state index >= 15 is 0 Å². The molecule has 0 atom stereocenters. The lowest BCUT2D eigenvalue weighted by Gasteiger charge is -2.43. The lowest BCUT2D eigenvalue weighted by molar-refractivity contribution is 0.128. The largest absolute Gasteiger partial charge is 0.394 e. The van der Waals surface area contributed by atoms with Crippen LogP contribution in [0.15, 0.2) is 0 Å². The highest BCUT2D eigenvalue weighted by atomic mass is 15.4. The van der Waals surface area contributed by atoms with Gasteiger partial charge in [-0.2, -0.15) is 5.10 Å². The van der Waals surface area contributed by atoms with Crippen LogP contribution in [0.1, 0.15) is 39.8 Å². The molecular formula is C15H29N5. The Balaban J connectivity index is 2.14. The number of nitrogens with two attached hydrogens (primary N) is 1. The van der Waals surface area contributed by atoms with Gasteiger partial charge < -0.3 is 10.6 Å². The minimum absolute atomic E-state index is 0.247. The van der Waals surface area contributed by atoms with Crippen molar-refractivity contribution in [1.29, 1.82) is 0 Å². The quantitative estimate of drug-likeness (QED) is 0.920. The molecule has 2 heterocycles. The number of hydrogen-bond acceptors (Lipinski definition) is 4. The van der Waals surface area contributed by atoms with Gasteiger partial charge in [0.1, 0.15) is 0 Å². The molecule has 1 fully saturated rings. The lowest BCUT2D eigenvalue weighted by Crippen LogP contribution is -2.53.